The second-order valence-electron chi connectivity index (χ2n) is 3.92. The predicted octanol–water partition coefficient (Wildman–Crippen LogP) is 4.67. The van der Waals surface area contributed by atoms with E-state index in [0.717, 1.165) is 20.3 Å². The van der Waals surface area contributed by atoms with Gasteiger partial charge in [-0.1, -0.05) is 22.0 Å². The molecule has 2 nitrogen and oxygen atoms in total. The van der Waals surface area contributed by atoms with Crippen molar-refractivity contribution >= 4 is 37.5 Å². The van der Waals surface area contributed by atoms with E-state index in [-0.39, 0.29) is 5.82 Å². The number of anilines is 1. The maximum absolute atomic E-state index is 13.6. The second-order valence-corrected chi connectivity index (χ2v) is 5.59. The van der Waals surface area contributed by atoms with E-state index in [0.29, 0.717) is 12.1 Å². The van der Waals surface area contributed by atoms with Gasteiger partial charge in [-0.25, -0.2) is 9.37 Å². The van der Waals surface area contributed by atoms with Crippen LogP contribution in [0.5, 0.6) is 0 Å². The number of benzene rings is 1. The van der Waals surface area contributed by atoms with Gasteiger partial charge in [0.1, 0.15) is 10.4 Å². The monoisotopic (exact) mass is 372 g/mol. The first-order valence-corrected chi connectivity index (χ1v) is 6.95. The van der Waals surface area contributed by atoms with E-state index in [4.69, 9.17) is 0 Å². The van der Waals surface area contributed by atoms with Crippen molar-refractivity contribution in [1.82, 2.24) is 4.98 Å². The van der Waals surface area contributed by atoms with E-state index in [2.05, 4.69) is 42.2 Å². The van der Waals surface area contributed by atoms with Gasteiger partial charge in [0.15, 0.2) is 0 Å². The maximum Gasteiger partial charge on any atom is 0.129 e. The Bertz CT molecular complexity index is 573. The van der Waals surface area contributed by atoms with Crippen molar-refractivity contribution < 1.29 is 4.39 Å². The van der Waals surface area contributed by atoms with Crippen LogP contribution >= 0.6 is 31.9 Å². The molecule has 1 aromatic heterocycles. The van der Waals surface area contributed by atoms with Gasteiger partial charge in [0.2, 0.25) is 0 Å². The first-order chi connectivity index (χ1) is 8.56. The third kappa shape index (κ3) is 3.29. The Hall–Kier alpha value is -0.940. The molecule has 0 aliphatic rings. The minimum Gasteiger partial charge on any atom is -0.380 e. The Balaban J connectivity index is 2.09. The fourth-order valence-electron chi connectivity index (χ4n) is 1.52. The predicted molar refractivity (Wildman–Crippen MR) is 78.1 cm³/mol. The summed E-state index contributed by atoms with van der Waals surface area (Å²) in [5.74, 6) is -0.223. The van der Waals surface area contributed by atoms with Crippen LogP contribution < -0.4 is 5.32 Å². The third-order valence-corrected chi connectivity index (χ3v) is 3.84. The van der Waals surface area contributed by atoms with Crippen molar-refractivity contribution in [2.24, 2.45) is 0 Å². The van der Waals surface area contributed by atoms with Crippen LogP contribution in [0, 0.1) is 12.7 Å². The highest BCUT2D eigenvalue weighted by Crippen LogP contribution is 2.19. The zero-order chi connectivity index (χ0) is 13.1. The van der Waals surface area contributed by atoms with Crippen LogP contribution in [-0.4, -0.2) is 4.98 Å². The van der Waals surface area contributed by atoms with Crippen LogP contribution in [-0.2, 0) is 6.54 Å². The van der Waals surface area contributed by atoms with Gasteiger partial charge in [-0.3, -0.25) is 0 Å². The van der Waals surface area contributed by atoms with E-state index in [1.54, 1.807) is 12.3 Å². The Labute approximate surface area is 122 Å². The number of hydrogen-bond donors (Lipinski definition) is 1. The van der Waals surface area contributed by atoms with Gasteiger partial charge < -0.3 is 5.32 Å². The number of nitrogens with zero attached hydrogens (tertiary/aromatic N) is 1. The molecule has 1 N–H and O–H groups in total. The zero-order valence-electron chi connectivity index (χ0n) is 9.67. The van der Waals surface area contributed by atoms with Crippen molar-refractivity contribution in [2.75, 3.05) is 5.32 Å². The van der Waals surface area contributed by atoms with Crippen molar-refractivity contribution in [1.29, 1.82) is 0 Å². The van der Waals surface area contributed by atoms with Gasteiger partial charge in [-0.15, -0.1) is 0 Å². The lowest BCUT2D eigenvalue weighted by Gasteiger charge is -2.08. The molecule has 0 aliphatic carbocycles. The van der Waals surface area contributed by atoms with Crippen molar-refractivity contribution in [3.63, 3.8) is 0 Å². The molecule has 0 spiro atoms. The third-order valence-electron chi connectivity index (χ3n) is 2.51. The van der Waals surface area contributed by atoms with Gasteiger partial charge in [0, 0.05) is 16.6 Å². The first-order valence-electron chi connectivity index (χ1n) is 5.36. The average molecular weight is 374 g/mol. The minimum atomic E-state index is -0.223. The maximum atomic E-state index is 13.6. The van der Waals surface area contributed by atoms with E-state index in [9.17, 15) is 4.39 Å². The number of rotatable bonds is 3. The molecule has 2 rings (SSSR count). The largest absolute Gasteiger partial charge is 0.380 e. The lowest BCUT2D eigenvalue weighted by atomic mass is 10.2. The molecule has 0 radical (unpaired) electrons. The lowest BCUT2D eigenvalue weighted by Crippen LogP contribution is -2.02. The second kappa shape index (κ2) is 5.80. The zero-order valence-corrected chi connectivity index (χ0v) is 12.8. The highest BCUT2D eigenvalue weighted by atomic mass is 79.9. The van der Waals surface area contributed by atoms with Gasteiger partial charge >= 0.3 is 0 Å². The molecular weight excluding hydrogens is 363 g/mol. The fourth-order valence-corrected chi connectivity index (χ4v) is 2.07. The quantitative estimate of drug-likeness (QED) is 0.791. The average Bonchev–Trinajstić information content (AvgIpc) is 2.32. The van der Waals surface area contributed by atoms with E-state index in [1.807, 2.05) is 19.1 Å². The number of aromatic nitrogens is 1. The summed E-state index contributed by atoms with van der Waals surface area (Å²) in [6, 6.07) is 7.01. The van der Waals surface area contributed by atoms with E-state index < -0.39 is 0 Å². The molecule has 0 fully saturated rings. The van der Waals surface area contributed by atoms with Gasteiger partial charge in [0.25, 0.3) is 0 Å². The molecule has 5 heteroatoms. The van der Waals surface area contributed by atoms with Crippen LogP contribution in [0.15, 0.2) is 39.5 Å². The number of halogens is 3. The highest BCUT2D eigenvalue weighted by molar-refractivity contribution is 9.10. The number of pyridine rings is 1. The molecule has 2 aromatic rings. The summed E-state index contributed by atoms with van der Waals surface area (Å²) in [6.45, 7) is 2.39. The van der Waals surface area contributed by atoms with Gasteiger partial charge in [-0.05, 0) is 46.6 Å². The Morgan fingerprint density at radius 2 is 2.06 bits per heavy atom. The first kappa shape index (κ1) is 13.5. The van der Waals surface area contributed by atoms with E-state index in [1.165, 1.54) is 6.07 Å². The molecule has 18 heavy (non-hydrogen) atoms. The summed E-state index contributed by atoms with van der Waals surface area (Å²) in [5, 5.41) is 3.15. The van der Waals surface area contributed by atoms with Crippen LogP contribution in [0.4, 0.5) is 10.1 Å². The van der Waals surface area contributed by atoms with Crippen LogP contribution in [0.2, 0.25) is 0 Å². The summed E-state index contributed by atoms with van der Waals surface area (Å²) < 4.78 is 15.2. The Morgan fingerprint density at radius 3 is 2.72 bits per heavy atom. The van der Waals surface area contributed by atoms with Crippen molar-refractivity contribution in [3.05, 3.63) is 56.5 Å². The van der Waals surface area contributed by atoms with Crippen molar-refractivity contribution in [2.45, 2.75) is 13.5 Å². The molecule has 0 atom stereocenters. The normalized spacial score (nSPS) is 10.4. The number of hydrogen-bond acceptors (Lipinski definition) is 2. The molecule has 0 bridgehead atoms. The molecule has 0 amide bonds. The lowest BCUT2D eigenvalue weighted by molar-refractivity contribution is 0.612. The molecule has 0 saturated heterocycles. The molecule has 94 valence electrons. The smallest absolute Gasteiger partial charge is 0.129 e. The fraction of sp³-hybridized carbons (Fsp3) is 0.154. The molecule has 0 unspecified atom stereocenters. The highest BCUT2D eigenvalue weighted by Gasteiger charge is 2.03. The molecule has 0 aliphatic heterocycles. The molecule has 1 heterocycles. The Kier molecular flexibility index (Phi) is 4.35. The summed E-state index contributed by atoms with van der Waals surface area (Å²) in [7, 11) is 0. The minimum absolute atomic E-state index is 0.223. The van der Waals surface area contributed by atoms with Crippen molar-refractivity contribution in [3.8, 4) is 0 Å². The van der Waals surface area contributed by atoms with Crippen LogP contribution in [0.25, 0.3) is 0 Å². The SMILES string of the molecule is Cc1cc(NCc2ccc(Br)cc2F)cnc1Br. The number of aryl methyl sites for hydroxylation is 1. The molecule has 0 saturated carbocycles. The van der Waals surface area contributed by atoms with Crippen LogP contribution in [0.1, 0.15) is 11.1 Å². The number of nitrogens with one attached hydrogen (secondary N) is 1. The summed E-state index contributed by atoms with van der Waals surface area (Å²) in [6.07, 6.45) is 1.72. The van der Waals surface area contributed by atoms with Crippen LogP contribution in [0.3, 0.4) is 0 Å². The summed E-state index contributed by atoms with van der Waals surface area (Å²) in [5.41, 5.74) is 2.54. The summed E-state index contributed by atoms with van der Waals surface area (Å²) in [4.78, 5) is 4.18. The van der Waals surface area contributed by atoms with Gasteiger partial charge in [-0.2, -0.15) is 0 Å². The van der Waals surface area contributed by atoms with E-state index >= 15 is 0 Å². The summed E-state index contributed by atoms with van der Waals surface area (Å²) >= 11 is 6.58. The Morgan fingerprint density at radius 1 is 1.28 bits per heavy atom. The standard InChI is InChI=1S/C13H11Br2FN2/c1-8-4-11(7-18-13(8)15)17-6-9-2-3-10(14)5-12(9)16/h2-5,7,17H,6H2,1H3. The topological polar surface area (TPSA) is 24.9 Å². The molecule has 1 aromatic carbocycles. The molecular formula is C13H11Br2FN2. The van der Waals surface area contributed by atoms with Gasteiger partial charge in [0.05, 0.1) is 11.9 Å².